The summed E-state index contributed by atoms with van der Waals surface area (Å²) < 4.78 is 5.42. The number of nitrogens with one attached hydrogen (secondary N) is 1. The number of ether oxygens (including phenoxy) is 1. The predicted octanol–water partition coefficient (Wildman–Crippen LogP) is 4.51. The van der Waals surface area contributed by atoms with Gasteiger partial charge in [-0.25, -0.2) is 0 Å². The van der Waals surface area contributed by atoms with Gasteiger partial charge in [-0.3, -0.25) is 0 Å². The van der Waals surface area contributed by atoms with E-state index in [0.29, 0.717) is 5.02 Å². The third-order valence-electron chi connectivity index (χ3n) is 3.25. The monoisotopic (exact) mass is 309 g/mol. The maximum Gasteiger partial charge on any atom is 0.125 e. The van der Waals surface area contributed by atoms with Crippen LogP contribution in [-0.4, -0.2) is 14.2 Å². The van der Waals surface area contributed by atoms with Crippen molar-refractivity contribution in [3.63, 3.8) is 0 Å². The lowest BCUT2D eigenvalue weighted by Crippen LogP contribution is -2.19. The Kier molecular flexibility index (Phi) is 5.30. The quantitative estimate of drug-likeness (QED) is 0.877. The van der Waals surface area contributed by atoms with Crippen molar-refractivity contribution >= 4 is 23.2 Å². The summed E-state index contributed by atoms with van der Waals surface area (Å²) >= 11 is 12.0. The van der Waals surface area contributed by atoms with Crippen LogP contribution < -0.4 is 10.1 Å². The molecule has 1 atom stereocenters. The van der Waals surface area contributed by atoms with E-state index < -0.39 is 0 Å². The van der Waals surface area contributed by atoms with Crippen molar-refractivity contribution < 1.29 is 4.74 Å². The molecule has 0 bridgehead atoms. The van der Waals surface area contributed by atoms with Crippen molar-refractivity contribution in [2.45, 2.75) is 12.5 Å². The Morgan fingerprint density at radius 2 is 1.85 bits per heavy atom. The second kappa shape index (κ2) is 6.98. The van der Waals surface area contributed by atoms with E-state index in [9.17, 15) is 0 Å². The molecule has 2 aromatic rings. The van der Waals surface area contributed by atoms with Crippen LogP contribution in [0.4, 0.5) is 0 Å². The van der Waals surface area contributed by atoms with Gasteiger partial charge in [0.1, 0.15) is 5.75 Å². The number of rotatable bonds is 5. The van der Waals surface area contributed by atoms with E-state index in [1.54, 1.807) is 7.11 Å². The van der Waals surface area contributed by atoms with E-state index in [0.717, 1.165) is 22.8 Å². The van der Waals surface area contributed by atoms with Gasteiger partial charge in [0.15, 0.2) is 0 Å². The average molecular weight is 310 g/mol. The summed E-state index contributed by atoms with van der Waals surface area (Å²) in [5, 5.41) is 4.73. The standard InChI is InChI=1S/C16H17Cl2NO/c1-19-15(9-11-4-3-5-12(17)8-11)14-7-6-13(18)10-16(14)20-2/h3-8,10,15,19H,9H2,1-2H3. The maximum atomic E-state index is 6.03. The van der Waals surface area contributed by atoms with Crippen LogP contribution in [0.1, 0.15) is 17.2 Å². The van der Waals surface area contributed by atoms with Crippen LogP contribution in [0.5, 0.6) is 5.75 Å². The fraction of sp³-hybridized carbons (Fsp3) is 0.250. The molecule has 0 spiro atoms. The molecule has 0 fully saturated rings. The van der Waals surface area contributed by atoms with Crippen LogP contribution >= 0.6 is 23.2 Å². The molecule has 2 rings (SSSR count). The van der Waals surface area contributed by atoms with Gasteiger partial charge in [0.2, 0.25) is 0 Å². The third-order valence-corrected chi connectivity index (χ3v) is 3.72. The molecule has 0 aliphatic heterocycles. The molecule has 2 aromatic carbocycles. The van der Waals surface area contributed by atoms with Gasteiger partial charge in [-0.2, -0.15) is 0 Å². The first-order valence-corrected chi connectivity index (χ1v) is 7.14. The zero-order chi connectivity index (χ0) is 14.5. The molecule has 1 N–H and O–H groups in total. The number of benzene rings is 2. The van der Waals surface area contributed by atoms with Crippen LogP contribution in [0.25, 0.3) is 0 Å². The first kappa shape index (κ1) is 15.2. The highest BCUT2D eigenvalue weighted by Crippen LogP contribution is 2.30. The molecule has 106 valence electrons. The maximum absolute atomic E-state index is 6.03. The number of hydrogen-bond donors (Lipinski definition) is 1. The summed E-state index contributed by atoms with van der Waals surface area (Å²) in [6.45, 7) is 0. The van der Waals surface area contributed by atoms with Gasteiger partial charge in [0, 0.05) is 21.7 Å². The predicted molar refractivity (Wildman–Crippen MR) is 85.0 cm³/mol. The van der Waals surface area contributed by atoms with Gasteiger partial charge in [0.25, 0.3) is 0 Å². The zero-order valence-electron chi connectivity index (χ0n) is 11.5. The Balaban J connectivity index is 2.28. The Morgan fingerprint density at radius 1 is 1.10 bits per heavy atom. The fourth-order valence-corrected chi connectivity index (χ4v) is 2.61. The van der Waals surface area contributed by atoms with Crippen molar-refractivity contribution in [1.82, 2.24) is 5.32 Å². The molecule has 0 saturated heterocycles. The molecule has 20 heavy (non-hydrogen) atoms. The molecular formula is C16H17Cl2NO. The van der Waals surface area contributed by atoms with Gasteiger partial charge >= 0.3 is 0 Å². The molecule has 0 aliphatic rings. The smallest absolute Gasteiger partial charge is 0.125 e. The summed E-state index contributed by atoms with van der Waals surface area (Å²) in [7, 11) is 3.59. The van der Waals surface area contributed by atoms with Crippen molar-refractivity contribution in [1.29, 1.82) is 0 Å². The van der Waals surface area contributed by atoms with E-state index in [1.807, 2.05) is 43.4 Å². The van der Waals surface area contributed by atoms with Crippen LogP contribution in [0, 0.1) is 0 Å². The first-order valence-electron chi connectivity index (χ1n) is 6.39. The largest absolute Gasteiger partial charge is 0.496 e. The molecule has 2 nitrogen and oxygen atoms in total. The van der Waals surface area contributed by atoms with E-state index in [4.69, 9.17) is 27.9 Å². The third kappa shape index (κ3) is 3.66. The highest BCUT2D eigenvalue weighted by atomic mass is 35.5. The van der Waals surface area contributed by atoms with Crippen molar-refractivity contribution in [2.75, 3.05) is 14.2 Å². The molecule has 0 saturated carbocycles. The van der Waals surface area contributed by atoms with E-state index in [2.05, 4.69) is 11.4 Å². The van der Waals surface area contributed by atoms with Crippen molar-refractivity contribution in [3.05, 3.63) is 63.6 Å². The Hall–Kier alpha value is -1.22. The average Bonchev–Trinajstić information content (AvgIpc) is 2.45. The minimum absolute atomic E-state index is 0.140. The molecule has 0 aromatic heterocycles. The Labute approximate surface area is 129 Å². The lowest BCUT2D eigenvalue weighted by atomic mass is 9.98. The van der Waals surface area contributed by atoms with Gasteiger partial charge < -0.3 is 10.1 Å². The van der Waals surface area contributed by atoms with E-state index in [1.165, 1.54) is 5.56 Å². The normalized spacial score (nSPS) is 12.2. The Bertz CT molecular complexity index is 586. The number of methoxy groups -OCH3 is 1. The van der Waals surface area contributed by atoms with Crippen LogP contribution in [0.3, 0.4) is 0 Å². The van der Waals surface area contributed by atoms with Crippen LogP contribution in [0.15, 0.2) is 42.5 Å². The molecule has 0 aliphatic carbocycles. The summed E-state index contributed by atoms with van der Waals surface area (Å²) in [4.78, 5) is 0. The van der Waals surface area contributed by atoms with Crippen molar-refractivity contribution in [3.8, 4) is 5.75 Å². The second-order valence-electron chi connectivity index (χ2n) is 4.56. The van der Waals surface area contributed by atoms with Crippen LogP contribution in [-0.2, 0) is 6.42 Å². The van der Waals surface area contributed by atoms with Crippen LogP contribution in [0.2, 0.25) is 10.0 Å². The highest BCUT2D eigenvalue weighted by molar-refractivity contribution is 6.31. The van der Waals surface area contributed by atoms with E-state index >= 15 is 0 Å². The lowest BCUT2D eigenvalue weighted by molar-refractivity contribution is 0.401. The molecule has 0 amide bonds. The SMILES string of the molecule is CNC(Cc1cccc(Cl)c1)c1ccc(Cl)cc1OC. The molecule has 0 heterocycles. The highest BCUT2D eigenvalue weighted by Gasteiger charge is 2.15. The summed E-state index contributed by atoms with van der Waals surface area (Å²) in [5.41, 5.74) is 2.26. The van der Waals surface area contributed by atoms with Gasteiger partial charge in [-0.05, 0) is 43.3 Å². The molecular weight excluding hydrogens is 293 g/mol. The number of hydrogen-bond acceptors (Lipinski definition) is 2. The Morgan fingerprint density at radius 3 is 2.50 bits per heavy atom. The molecule has 4 heteroatoms. The van der Waals surface area contributed by atoms with Crippen molar-refractivity contribution in [2.24, 2.45) is 0 Å². The minimum atomic E-state index is 0.140. The fourth-order valence-electron chi connectivity index (χ4n) is 2.24. The summed E-state index contributed by atoms with van der Waals surface area (Å²) in [6.07, 6.45) is 0.828. The minimum Gasteiger partial charge on any atom is -0.496 e. The number of halogens is 2. The molecule has 1 unspecified atom stereocenters. The zero-order valence-corrected chi connectivity index (χ0v) is 13.0. The molecule has 0 radical (unpaired) electrons. The number of likely N-dealkylation sites (N-methyl/N-ethyl adjacent to an activating group) is 1. The topological polar surface area (TPSA) is 21.3 Å². The summed E-state index contributed by atoms with van der Waals surface area (Å²) in [6, 6.07) is 13.7. The summed E-state index contributed by atoms with van der Waals surface area (Å²) in [5.74, 6) is 0.791. The van der Waals surface area contributed by atoms with Gasteiger partial charge in [-0.1, -0.05) is 41.4 Å². The second-order valence-corrected chi connectivity index (χ2v) is 5.43. The van der Waals surface area contributed by atoms with Gasteiger partial charge in [0.05, 0.1) is 7.11 Å². The lowest BCUT2D eigenvalue weighted by Gasteiger charge is -2.20. The first-order chi connectivity index (χ1) is 9.63. The van der Waals surface area contributed by atoms with E-state index in [-0.39, 0.29) is 6.04 Å². The van der Waals surface area contributed by atoms with Gasteiger partial charge in [-0.15, -0.1) is 0 Å².